The molecule has 90 valence electrons. The quantitative estimate of drug-likeness (QED) is 0.822. The lowest BCUT2D eigenvalue weighted by Crippen LogP contribution is -2.11. The van der Waals surface area contributed by atoms with Crippen LogP contribution in [0.1, 0.15) is 5.82 Å². The molecule has 0 aliphatic heterocycles. The van der Waals surface area contributed by atoms with E-state index in [0.29, 0.717) is 5.82 Å². The summed E-state index contributed by atoms with van der Waals surface area (Å²) < 4.78 is 5.10. The Kier molecular flexibility index (Phi) is 3.39. The number of nitriles is 1. The SMILES string of the molecule is COc1ccc(N(C)c2ccnc(C#N)n2)cc1. The molecule has 0 spiro atoms. The Hall–Kier alpha value is -2.61. The Bertz CT molecular complexity index is 574. The van der Waals surface area contributed by atoms with Crippen molar-refractivity contribution in [1.29, 1.82) is 5.26 Å². The summed E-state index contributed by atoms with van der Waals surface area (Å²) in [5.41, 5.74) is 0.957. The molecule has 0 atom stereocenters. The summed E-state index contributed by atoms with van der Waals surface area (Å²) in [5.74, 6) is 1.63. The van der Waals surface area contributed by atoms with Crippen molar-refractivity contribution in [2.75, 3.05) is 19.1 Å². The number of benzene rings is 1. The zero-order valence-electron chi connectivity index (χ0n) is 10.2. The molecule has 0 bridgehead atoms. The molecule has 0 fully saturated rings. The van der Waals surface area contributed by atoms with Crippen molar-refractivity contribution in [3.8, 4) is 11.8 Å². The molecule has 1 aromatic carbocycles. The third-order valence-corrected chi connectivity index (χ3v) is 2.54. The second-order valence-electron chi connectivity index (χ2n) is 3.61. The van der Waals surface area contributed by atoms with Crippen LogP contribution in [0.2, 0.25) is 0 Å². The van der Waals surface area contributed by atoms with Gasteiger partial charge in [-0.2, -0.15) is 5.26 Å². The van der Waals surface area contributed by atoms with Crippen LogP contribution in [0, 0.1) is 11.3 Å². The average Bonchev–Trinajstić information content (AvgIpc) is 2.46. The molecule has 0 saturated heterocycles. The van der Waals surface area contributed by atoms with E-state index in [1.54, 1.807) is 19.4 Å². The first-order chi connectivity index (χ1) is 8.74. The monoisotopic (exact) mass is 240 g/mol. The molecule has 0 amide bonds. The molecule has 2 aromatic rings. The number of hydrogen-bond acceptors (Lipinski definition) is 5. The van der Waals surface area contributed by atoms with E-state index >= 15 is 0 Å². The van der Waals surface area contributed by atoms with E-state index in [-0.39, 0.29) is 5.82 Å². The number of aromatic nitrogens is 2. The molecule has 0 N–H and O–H groups in total. The fourth-order valence-electron chi connectivity index (χ4n) is 1.53. The van der Waals surface area contributed by atoms with Crippen LogP contribution >= 0.6 is 0 Å². The van der Waals surface area contributed by atoms with Gasteiger partial charge in [0.2, 0.25) is 5.82 Å². The largest absolute Gasteiger partial charge is 0.497 e. The zero-order chi connectivity index (χ0) is 13.0. The molecule has 5 nitrogen and oxygen atoms in total. The van der Waals surface area contributed by atoms with E-state index in [1.807, 2.05) is 42.3 Å². The zero-order valence-corrected chi connectivity index (χ0v) is 10.2. The number of nitrogens with zero attached hydrogens (tertiary/aromatic N) is 4. The van der Waals surface area contributed by atoms with Crippen molar-refractivity contribution in [1.82, 2.24) is 9.97 Å². The summed E-state index contributed by atoms with van der Waals surface area (Å²) in [4.78, 5) is 9.85. The second-order valence-corrected chi connectivity index (χ2v) is 3.61. The number of anilines is 2. The first-order valence-electron chi connectivity index (χ1n) is 5.35. The fraction of sp³-hybridized carbons (Fsp3) is 0.154. The highest BCUT2D eigenvalue weighted by Crippen LogP contribution is 2.23. The van der Waals surface area contributed by atoms with E-state index in [2.05, 4.69) is 9.97 Å². The minimum Gasteiger partial charge on any atom is -0.497 e. The van der Waals surface area contributed by atoms with Crippen LogP contribution in [0.3, 0.4) is 0 Å². The van der Waals surface area contributed by atoms with Crippen molar-refractivity contribution in [2.24, 2.45) is 0 Å². The Morgan fingerprint density at radius 1 is 1.22 bits per heavy atom. The Labute approximate surface area is 105 Å². The van der Waals surface area contributed by atoms with E-state index < -0.39 is 0 Å². The van der Waals surface area contributed by atoms with Crippen LogP contribution in [0.15, 0.2) is 36.5 Å². The molecular formula is C13H12N4O. The third-order valence-electron chi connectivity index (χ3n) is 2.54. The standard InChI is InChI=1S/C13H12N4O/c1-17(10-3-5-11(18-2)6-4-10)13-7-8-15-12(9-14)16-13/h3-8H,1-2H3. The predicted octanol–water partition coefficient (Wildman–Crippen LogP) is 2.12. The number of methoxy groups -OCH3 is 1. The van der Waals surface area contributed by atoms with Gasteiger partial charge in [0.05, 0.1) is 7.11 Å². The molecule has 0 unspecified atom stereocenters. The van der Waals surface area contributed by atoms with Gasteiger partial charge >= 0.3 is 0 Å². The molecule has 0 saturated carbocycles. The molecule has 18 heavy (non-hydrogen) atoms. The maximum Gasteiger partial charge on any atom is 0.234 e. The molecule has 5 heteroatoms. The summed E-state index contributed by atoms with van der Waals surface area (Å²) in [5, 5.41) is 8.77. The molecule has 0 aliphatic carbocycles. The molecule has 0 radical (unpaired) electrons. The van der Waals surface area contributed by atoms with Gasteiger partial charge in [-0.15, -0.1) is 0 Å². The Morgan fingerprint density at radius 3 is 2.56 bits per heavy atom. The van der Waals surface area contributed by atoms with Gasteiger partial charge in [-0.1, -0.05) is 0 Å². The third kappa shape index (κ3) is 2.38. The van der Waals surface area contributed by atoms with Crippen molar-refractivity contribution in [3.05, 3.63) is 42.4 Å². The minimum atomic E-state index is 0.160. The maximum absolute atomic E-state index is 8.77. The smallest absolute Gasteiger partial charge is 0.234 e. The van der Waals surface area contributed by atoms with E-state index in [9.17, 15) is 0 Å². The normalized spacial score (nSPS) is 9.61. The highest BCUT2D eigenvalue weighted by Gasteiger charge is 2.06. The van der Waals surface area contributed by atoms with Crippen molar-refractivity contribution >= 4 is 11.5 Å². The fourth-order valence-corrected chi connectivity index (χ4v) is 1.53. The van der Waals surface area contributed by atoms with Gasteiger partial charge in [0.25, 0.3) is 0 Å². The van der Waals surface area contributed by atoms with Gasteiger partial charge in [-0.25, -0.2) is 9.97 Å². The van der Waals surface area contributed by atoms with Crippen LogP contribution in [-0.2, 0) is 0 Å². The first kappa shape index (κ1) is 11.9. The van der Waals surface area contributed by atoms with Crippen LogP contribution in [0.5, 0.6) is 5.75 Å². The lowest BCUT2D eigenvalue weighted by molar-refractivity contribution is 0.415. The van der Waals surface area contributed by atoms with Gasteiger partial charge in [0.15, 0.2) is 0 Å². The Balaban J connectivity index is 2.29. The van der Waals surface area contributed by atoms with E-state index in [1.165, 1.54) is 0 Å². The van der Waals surface area contributed by atoms with Gasteiger partial charge < -0.3 is 9.64 Å². The van der Waals surface area contributed by atoms with E-state index in [4.69, 9.17) is 10.00 Å². The summed E-state index contributed by atoms with van der Waals surface area (Å²) in [7, 11) is 3.51. The van der Waals surface area contributed by atoms with Crippen LogP contribution in [0.4, 0.5) is 11.5 Å². The van der Waals surface area contributed by atoms with Crippen LogP contribution in [-0.4, -0.2) is 24.1 Å². The minimum absolute atomic E-state index is 0.160. The summed E-state index contributed by atoms with van der Waals surface area (Å²) in [6.45, 7) is 0. The molecule has 1 heterocycles. The maximum atomic E-state index is 8.77. The Morgan fingerprint density at radius 2 is 1.94 bits per heavy atom. The highest BCUT2D eigenvalue weighted by atomic mass is 16.5. The van der Waals surface area contributed by atoms with Crippen molar-refractivity contribution in [3.63, 3.8) is 0 Å². The average molecular weight is 240 g/mol. The van der Waals surface area contributed by atoms with Crippen LogP contribution < -0.4 is 9.64 Å². The lowest BCUT2D eigenvalue weighted by atomic mass is 10.3. The van der Waals surface area contributed by atoms with Crippen molar-refractivity contribution < 1.29 is 4.74 Å². The molecule has 0 aliphatic rings. The van der Waals surface area contributed by atoms with Gasteiger partial charge in [0, 0.05) is 18.9 Å². The molecular weight excluding hydrogens is 228 g/mol. The van der Waals surface area contributed by atoms with Crippen LogP contribution in [0.25, 0.3) is 0 Å². The van der Waals surface area contributed by atoms with E-state index in [0.717, 1.165) is 11.4 Å². The predicted molar refractivity (Wildman–Crippen MR) is 67.8 cm³/mol. The number of hydrogen-bond donors (Lipinski definition) is 0. The summed E-state index contributed by atoms with van der Waals surface area (Å²) in [6.07, 6.45) is 1.57. The second kappa shape index (κ2) is 5.15. The summed E-state index contributed by atoms with van der Waals surface area (Å²) in [6, 6.07) is 11.3. The van der Waals surface area contributed by atoms with Crippen molar-refractivity contribution in [2.45, 2.75) is 0 Å². The lowest BCUT2D eigenvalue weighted by Gasteiger charge is -2.18. The topological polar surface area (TPSA) is 62.0 Å². The molecule has 1 aromatic heterocycles. The van der Waals surface area contributed by atoms with Gasteiger partial charge in [-0.05, 0) is 30.3 Å². The molecule has 2 rings (SSSR count). The van der Waals surface area contributed by atoms with Gasteiger partial charge in [0.1, 0.15) is 17.6 Å². The first-order valence-corrected chi connectivity index (χ1v) is 5.35. The summed E-state index contributed by atoms with van der Waals surface area (Å²) >= 11 is 0. The highest BCUT2D eigenvalue weighted by molar-refractivity contribution is 5.59. The number of ether oxygens (including phenoxy) is 1. The van der Waals surface area contributed by atoms with Gasteiger partial charge in [-0.3, -0.25) is 0 Å². The number of rotatable bonds is 3.